The van der Waals surface area contributed by atoms with Crippen molar-refractivity contribution in [1.29, 1.82) is 0 Å². The van der Waals surface area contributed by atoms with Crippen molar-refractivity contribution in [3.63, 3.8) is 0 Å². The largest absolute Gasteiger partial charge is 0.504 e. The summed E-state index contributed by atoms with van der Waals surface area (Å²) in [6, 6.07) is 9.63. The van der Waals surface area contributed by atoms with Crippen LogP contribution in [0.25, 0.3) is 12.2 Å². The summed E-state index contributed by atoms with van der Waals surface area (Å²) in [5, 5.41) is 9.65. The van der Waals surface area contributed by atoms with Gasteiger partial charge in [-0.15, -0.1) is 0 Å². The molecule has 1 N–H and O–H groups in total. The molecule has 9 nitrogen and oxygen atoms in total. The van der Waals surface area contributed by atoms with E-state index in [2.05, 4.69) is 4.90 Å². The van der Waals surface area contributed by atoms with Gasteiger partial charge in [0.05, 0.1) is 20.6 Å². The number of ether oxygens (including phenoxy) is 3. The average molecular weight is 523 g/mol. The number of benzene rings is 2. The number of rotatable bonds is 12. The molecule has 0 aromatic heterocycles. The van der Waals surface area contributed by atoms with Gasteiger partial charge in [-0.25, -0.2) is 4.79 Å². The zero-order valence-corrected chi connectivity index (χ0v) is 22.0. The minimum absolute atomic E-state index is 0.000583. The first kappa shape index (κ1) is 28.5. The first-order chi connectivity index (χ1) is 18.3. The number of phenols is 1. The van der Waals surface area contributed by atoms with Gasteiger partial charge in [-0.1, -0.05) is 24.3 Å². The molecule has 1 fully saturated rings. The van der Waals surface area contributed by atoms with E-state index in [-0.39, 0.29) is 29.5 Å². The van der Waals surface area contributed by atoms with Crippen molar-refractivity contribution in [3.8, 4) is 23.0 Å². The van der Waals surface area contributed by atoms with E-state index < -0.39 is 6.09 Å². The van der Waals surface area contributed by atoms with E-state index in [0.717, 1.165) is 19.6 Å². The number of aromatic hydroxyl groups is 1. The third-order valence-electron chi connectivity index (χ3n) is 6.12. The number of likely N-dealkylation sites (tertiary alicyclic amines) is 1. The van der Waals surface area contributed by atoms with E-state index in [1.54, 1.807) is 49.5 Å². The second kappa shape index (κ2) is 14.0. The predicted octanol–water partition coefficient (Wildman–Crippen LogP) is 4.19. The van der Waals surface area contributed by atoms with E-state index in [1.807, 2.05) is 0 Å². The van der Waals surface area contributed by atoms with Crippen LogP contribution in [0.1, 0.15) is 30.4 Å². The summed E-state index contributed by atoms with van der Waals surface area (Å²) < 4.78 is 15.9. The first-order valence-electron chi connectivity index (χ1n) is 12.4. The molecule has 2 aromatic rings. The third kappa shape index (κ3) is 8.48. The maximum Gasteiger partial charge on any atom is 0.415 e. The fraction of sp³-hybridized carbons (Fsp3) is 0.345. The highest BCUT2D eigenvalue weighted by molar-refractivity contribution is 6.10. The zero-order valence-electron chi connectivity index (χ0n) is 22.0. The summed E-state index contributed by atoms with van der Waals surface area (Å²) in [5.74, 6) is 0.195. The maximum atomic E-state index is 12.5. The van der Waals surface area contributed by atoms with Crippen LogP contribution in [0.4, 0.5) is 4.79 Å². The summed E-state index contributed by atoms with van der Waals surface area (Å²) in [7, 11) is 4.60. The van der Waals surface area contributed by atoms with Gasteiger partial charge in [-0.3, -0.25) is 9.59 Å². The van der Waals surface area contributed by atoms with Crippen LogP contribution in [0.15, 0.2) is 48.6 Å². The Bertz CT molecular complexity index is 1200. The van der Waals surface area contributed by atoms with Crippen LogP contribution in [-0.2, 0) is 9.59 Å². The summed E-state index contributed by atoms with van der Waals surface area (Å²) in [6.07, 6.45) is 7.38. The van der Waals surface area contributed by atoms with Crippen LogP contribution in [0, 0.1) is 0 Å². The highest BCUT2D eigenvalue weighted by Gasteiger charge is 2.17. The lowest BCUT2D eigenvalue weighted by atomic mass is 10.1. The molecule has 0 bridgehead atoms. The summed E-state index contributed by atoms with van der Waals surface area (Å²) >= 11 is 0. The number of likely N-dealkylation sites (N-methyl/N-ethyl adjacent to an activating group) is 1. The molecule has 0 atom stereocenters. The topological polar surface area (TPSA) is 106 Å². The summed E-state index contributed by atoms with van der Waals surface area (Å²) in [6.45, 7) is 3.51. The van der Waals surface area contributed by atoms with Gasteiger partial charge in [0.15, 0.2) is 34.6 Å². The van der Waals surface area contributed by atoms with Gasteiger partial charge in [0.2, 0.25) is 0 Å². The summed E-state index contributed by atoms with van der Waals surface area (Å²) in [5.41, 5.74) is 1.30. The SMILES string of the molecule is COc1cc(C=CC(=O)CC(=O)C=Cc2ccc(OC(=O)N(C)CCN3CCCC3)c(OC)c2)ccc1O. The number of amides is 1. The molecule has 0 aliphatic carbocycles. The molecule has 3 rings (SSSR count). The van der Waals surface area contributed by atoms with Gasteiger partial charge in [-0.2, -0.15) is 0 Å². The lowest BCUT2D eigenvalue weighted by Gasteiger charge is -2.21. The van der Waals surface area contributed by atoms with Crippen LogP contribution in [0.2, 0.25) is 0 Å². The van der Waals surface area contributed by atoms with Gasteiger partial charge in [0.1, 0.15) is 0 Å². The van der Waals surface area contributed by atoms with Crippen LogP contribution in [-0.4, -0.2) is 80.0 Å². The smallest absolute Gasteiger partial charge is 0.415 e. The molecule has 1 amide bonds. The Labute approximate surface area is 222 Å². The highest BCUT2D eigenvalue weighted by Crippen LogP contribution is 2.29. The molecule has 9 heteroatoms. The molecule has 0 unspecified atom stereocenters. The number of ketones is 2. The van der Waals surface area contributed by atoms with Gasteiger partial charge >= 0.3 is 6.09 Å². The lowest BCUT2D eigenvalue weighted by Crippen LogP contribution is -2.36. The third-order valence-corrected chi connectivity index (χ3v) is 6.12. The second-order valence-electron chi connectivity index (χ2n) is 8.96. The van der Waals surface area contributed by atoms with Gasteiger partial charge in [0.25, 0.3) is 0 Å². The molecule has 0 radical (unpaired) electrons. The number of methoxy groups -OCH3 is 2. The Morgan fingerprint density at radius 2 is 1.47 bits per heavy atom. The highest BCUT2D eigenvalue weighted by atomic mass is 16.6. The molecule has 0 saturated carbocycles. The quantitative estimate of drug-likeness (QED) is 0.327. The Balaban J connectivity index is 1.52. The number of carbonyl (C=O) groups is 3. The normalized spacial score (nSPS) is 13.7. The number of phenolic OH excluding ortho intramolecular Hbond substituents is 1. The first-order valence-corrected chi connectivity index (χ1v) is 12.4. The molecular weight excluding hydrogens is 488 g/mol. The zero-order chi connectivity index (χ0) is 27.5. The van der Waals surface area contributed by atoms with Crippen LogP contribution in [0.3, 0.4) is 0 Å². The molecule has 38 heavy (non-hydrogen) atoms. The average Bonchev–Trinajstić information content (AvgIpc) is 3.44. The number of carbonyl (C=O) groups excluding carboxylic acids is 3. The minimum atomic E-state index is -0.474. The van der Waals surface area contributed by atoms with E-state index in [1.165, 1.54) is 50.2 Å². The van der Waals surface area contributed by atoms with E-state index in [4.69, 9.17) is 14.2 Å². The fourth-order valence-electron chi connectivity index (χ4n) is 3.90. The van der Waals surface area contributed by atoms with Crippen molar-refractivity contribution >= 4 is 29.8 Å². The fourth-order valence-corrected chi connectivity index (χ4v) is 3.90. The standard InChI is InChI=1S/C29H34N2O7/c1-30(16-17-31-14-4-5-15-31)29(35)38-26-13-9-22(19-28(26)37-3)7-11-24(33)20-23(32)10-6-21-8-12-25(34)27(18-21)36-2/h6-13,18-19,34H,4-5,14-17,20H2,1-3H3. The Morgan fingerprint density at radius 3 is 2.08 bits per heavy atom. The molecule has 1 heterocycles. The Morgan fingerprint density at radius 1 is 0.895 bits per heavy atom. The van der Waals surface area contributed by atoms with E-state index in [9.17, 15) is 19.5 Å². The summed E-state index contributed by atoms with van der Waals surface area (Å²) in [4.78, 5) is 40.8. The van der Waals surface area contributed by atoms with E-state index in [0.29, 0.717) is 29.2 Å². The van der Waals surface area contributed by atoms with Crippen LogP contribution in [0.5, 0.6) is 23.0 Å². The lowest BCUT2D eigenvalue weighted by molar-refractivity contribution is -0.121. The van der Waals surface area contributed by atoms with Crippen molar-refractivity contribution < 1.29 is 33.7 Å². The van der Waals surface area contributed by atoms with Gasteiger partial charge < -0.3 is 29.1 Å². The van der Waals surface area contributed by atoms with Crippen molar-refractivity contribution in [1.82, 2.24) is 9.80 Å². The minimum Gasteiger partial charge on any atom is -0.504 e. The molecular formula is C29H34N2O7. The van der Waals surface area contributed by atoms with Crippen molar-refractivity contribution in [2.24, 2.45) is 0 Å². The number of hydrogen-bond donors (Lipinski definition) is 1. The Kier molecular flexibility index (Phi) is 10.5. The molecule has 1 aliphatic heterocycles. The second-order valence-corrected chi connectivity index (χ2v) is 8.96. The van der Waals surface area contributed by atoms with Crippen LogP contribution < -0.4 is 14.2 Å². The molecule has 202 valence electrons. The van der Waals surface area contributed by atoms with Crippen molar-refractivity contribution in [2.45, 2.75) is 19.3 Å². The number of hydrogen-bond acceptors (Lipinski definition) is 8. The molecule has 1 aliphatic rings. The molecule has 0 spiro atoms. The van der Waals surface area contributed by atoms with Crippen LogP contribution >= 0.6 is 0 Å². The predicted molar refractivity (Wildman–Crippen MR) is 145 cm³/mol. The molecule has 2 aromatic carbocycles. The van der Waals surface area contributed by atoms with Crippen molar-refractivity contribution in [2.75, 3.05) is 47.4 Å². The number of nitrogens with zero attached hydrogens (tertiary/aromatic N) is 2. The monoisotopic (exact) mass is 522 g/mol. The van der Waals surface area contributed by atoms with Gasteiger partial charge in [0, 0.05) is 20.1 Å². The Hall–Kier alpha value is -4.11. The maximum absolute atomic E-state index is 12.5. The van der Waals surface area contributed by atoms with E-state index >= 15 is 0 Å². The number of allylic oxidation sites excluding steroid dienone is 2. The van der Waals surface area contributed by atoms with Gasteiger partial charge in [-0.05, 0) is 73.5 Å². The molecule has 1 saturated heterocycles. The van der Waals surface area contributed by atoms with Crippen molar-refractivity contribution in [3.05, 3.63) is 59.7 Å².